The van der Waals surface area contributed by atoms with Crippen molar-refractivity contribution in [3.8, 4) is 0 Å². The van der Waals surface area contributed by atoms with Crippen LogP contribution >= 0.6 is 0 Å². The highest BCUT2D eigenvalue weighted by molar-refractivity contribution is 5.82. The molecule has 0 aromatic carbocycles. The minimum absolute atomic E-state index is 0.0770. The molecule has 18 heavy (non-hydrogen) atoms. The first-order chi connectivity index (χ1) is 8.65. The maximum Gasteiger partial charge on any atom is 0.326 e. The van der Waals surface area contributed by atoms with Gasteiger partial charge in [0.25, 0.3) is 0 Å². The van der Waals surface area contributed by atoms with Gasteiger partial charge in [-0.1, -0.05) is 32.6 Å². The maximum atomic E-state index is 11.6. The van der Waals surface area contributed by atoms with Gasteiger partial charge >= 0.3 is 12.0 Å². The molecule has 0 spiro atoms. The van der Waals surface area contributed by atoms with Crippen molar-refractivity contribution >= 4 is 12.0 Å². The van der Waals surface area contributed by atoms with Crippen LogP contribution in [0.5, 0.6) is 0 Å². The van der Waals surface area contributed by atoms with Crippen molar-refractivity contribution in [1.82, 2.24) is 10.6 Å². The van der Waals surface area contributed by atoms with E-state index in [0.717, 1.165) is 38.5 Å². The van der Waals surface area contributed by atoms with Gasteiger partial charge in [0, 0.05) is 6.54 Å². The summed E-state index contributed by atoms with van der Waals surface area (Å²) >= 11 is 0. The van der Waals surface area contributed by atoms with E-state index < -0.39 is 12.0 Å². The van der Waals surface area contributed by atoms with Crippen molar-refractivity contribution in [2.75, 3.05) is 6.54 Å². The number of carbonyl (C=O) groups is 2. The summed E-state index contributed by atoms with van der Waals surface area (Å²) in [6.45, 7) is 2.64. The van der Waals surface area contributed by atoms with Gasteiger partial charge in [0.1, 0.15) is 6.04 Å². The van der Waals surface area contributed by atoms with Gasteiger partial charge in [-0.05, 0) is 25.2 Å². The number of hydrogen-bond acceptors (Lipinski definition) is 2. The van der Waals surface area contributed by atoms with E-state index in [4.69, 9.17) is 0 Å². The lowest BCUT2D eigenvalue weighted by Crippen LogP contribution is -2.50. The SMILES string of the molecule is CCCCNC(=O)NC(C(=O)O)C1CCCCC1. The molecule has 2 amide bonds. The number of hydrogen-bond donors (Lipinski definition) is 3. The summed E-state index contributed by atoms with van der Waals surface area (Å²) in [7, 11) is 0. The summed E-state index contributed by atoms with van der Waals surface area (Å²) in [5.41, 5.74) is 0. The smallest absolute Gasteiger partial charge is 0.326 e. The number of carbonyl (C=O) groups excluding carboxylic acids is 1. The molecule has 0 heterocycles. The number of carboxylic acid groups (broad SMARTS) is 1. The van der Waals surface area contributed by atoms with E-state index in [9.17, 15) is 14.7 Å². The maximum absolute atomic E-state index is 11.6. The van der Waals surface area contributed by atoms with Crippen LogP contribution in [0.15, 0.2) is 0 Å². The van der Waals surface area contributed by atoms with Gasteiger partial charge in [-0.15, -0.1) is 0 Å². The number of rotatable bonds is 6. The fourth-order valence-corrected chi connectivity index (χ4v) is 2.42. The molecule has 5 nitrogen and oxygen atoms in total. The van der Waals surface area contributed by atoms with Crippen LogP contribution in [0.4, 0.5) is 4.79 Å². The standard InChI is InChI=1S/C13H24N2O3/c1-2-3-9-14-13(18)15-11(12(16)17)10-7-5-4-6-8-10/h10-11H,2-9H2,1H3,(H,16,17)(H2,14,15,18). The Bertz CT molecular complexity index is 275. The third-order valence-corrected chi connectivity index (χ3v) is 3.49. The van der Waals surface area contributed by atoms with Crippen molar-refractivity contribution in [2.45, 2.75) is 57.9 Å². The Kier molecular flexibility index (Phi) is 6.54. The normalized spacial score (nSPS) is 18.1. The Morgan fingerprint density at radius 2 is 1.94 bits per heavy atom. The number of amides is 2. The van der Waals surface area contributed by atoms with Gasteiger partial charge in [0.05, 0.1) is 0 Å². The Morgan fingerprint density at radius 3 is 2.50 bits per heavy atom. The molecule has 104 valence electrons. The average Bonchev–Trinajstić information content (AvgIpc) is 2.37. The number of urea groups is 1. The third kappa shape index (κ3) is 4.94. The molecule has 0 bridgehead atoms. The van der Waals surface area contributed by atoms with Crippen LogP contribution in [0.25, 0.3) is 0 Å². The first-order valence-corrected chi connectivity index (χ1v) is 6.92. The van der Waals surface area contributed by atoms with Crippen LogP contribution in [-0.2, 0) is 4.79 Å². The van der Waals surface area contributed by atoms with Crippen molar-refractivity contribution in [2.24, 2.45) is 5.92 Å². The number of aliphatic carboxylic acids is 1. The molecule has 1 aliphatic rings. The number of unbranched alkanes of at least 4 members (excludes halogenated alkanes) is 1. The van der Waals surface area contributed by atoms with Crippen molar-refractivity contribution in [1.29, 1.82) is 0 Å². The van der Waals surface area contributed by atoms with Crippen LogP contribution in [-0.4, -0.2) is 29.7 Å². The third-order valence-electron chi connectivity index (χ3n) is 3.49. The highest BCUT2D eigenvalue weighted by atomic mass is 16.4. The molecule has 0 radical (unpaired) electrons. The quantitative estimate of drug-likeness (QED) is 0.637. The van der Waals surface area contributed by atoms with Crippen LogP contribution < -0.4 is 10.6 Å². The van der Waals surface area contributed by atoms with Crippen molar-refractivity contribution < 1.29 is 14.7 Å². The van der Waals surface area contributed by atoms with Crippen molar-refractivity contribution in [3.05, 3.63) is 0 Å². The summed E-state index contributed by atoms with van der Waals surface area (Å²) in [6, 6.07) is -1.10. The minimum atomic E-state index is -0.924. The van der Waals surface area contributed by atoms with Crippen molar-refractivity contribution in [3.63, 3.8) is 0 Å². The lowest BCUT2D eigenvalue weighted by atomic mass is 9.84. The molecule has 0 aromatic rings. The second-order valence-electron chi connectivity index (χ2n) is 4.97. The van der Waals surface area contributed by atoms with E-state index in [0.29, 0.717) is 6.54 Å². The Labute approximate surface area is 108 Å². The molecule has 3 N–H and O–H groups in total. The van der Waals surface area contributed by atoms with Gasteiger partial charge in [-0.2, -0.15) is 0 Å². The molecule has 0 aliphatic heterocycles. The fourth-order valence-electron chi connectivity index (χ4n) is 2.42. The minimum Gasteiger partial charge on any atom is -0.480 e. The Balaban J connectivity index is 2.41. The van der Waals surface area contributed by atoms with E-state index in [2.05, 4.69) is 10.6 Å². The van der Waals surface area contributed by atoms with E-state index in [1.165, 1.54) is 6.42 Å². The Hall–Kier alpha value is -1.26. The Morgan fingerprint density at radius 1 is 1.28 bits per heavy atom. The topological polar surface area (TPSA) is 78.4 Å². The lowest BCUT2D eigenvalue weighted by Gasteiger charge is -2.28. The zero-order valence-electron chi connectivity index (χ0n) is 11.1. The second-order valence-corrected chi connectivity index (χ2v) is 4.97. The zero-order valence-corrected chi connectivity index (χ0v) is 11.1. The summed E-state index contributed by atoms with van der Waals surface area (Å²) in [4.78, 5) is 22.8. The van der Waals surface area contributed by atoms with Crippen LogP contribution in [0.2, 0.25) is 0 Å². The average molecular weight is 256 g/mol. The first kappa shape index (κ1) is 14.8. The zero-order chi connectivity index (χ0) is 13.4. The monoisotopic (exact) mass is 256 g/mol. The molecule has 1 rings (SSSR count). The molecule has 1 fully saturated rings. The van der Waals surface area contributed by atoms with Gasteiger partial charge in [0.2, 0.25) is 0 Å². The van der Waals surface area contributed by atoms with Gasteiger partial charge < -0.3 is 15.7 Å². The van der Waals surface area contributed by atoms with E-state index in [-0.39, 0.29) is 11.9 Å². The number of carboxylic acids is 1. The molecule has 5 heteroatoms. The molecule has 1 unspecified atom stereocenters. The van der Waals surface area contributed by atoms with Crippen LogP contribution in [0.1, 0.15) is 51.9 Å². The van der Waals surface area contributed by atoms with Gasteiger partial charge in [-0.25, -0.2) is 9.59 Å². The van der Waals surface area contributed by atoms with E-state index in [1.54, 1.807) is 0 Å². The van der Waals surface area contributed by atoms with Gasteiger partial charge in [0.15, 0.2) is 0 Å². The lowest BCUT2D eigenvalue weighted by molar-refractivity contribution is -0.141. The summed E-state index contributed by atoms with van der Waals surface area (Å²) in [5, 5.41) is 14.5. The molecular weight excluding hydrogens is 232 g/mol. The molecule has 0 aromatic heterocycles. The predicted molar refractivity (Wildman–Crippen MR) is 69.4 cm³/mol. The highest BCUT2D eigenvalue weighted by Crippen LogP contribution is 2.26. The first-order valence-electron chi connectivity index (χ1n) is 6.92. The van der Waals surface area contributed by atoms with Crippen LogP contribution in [0.3, 0.4) is 0 Å². The summed E-state index contributed by atoms with van der Waals surface area (Å²) < 4.78 is 0. The molecule has 1 atom stereocenters. The largest absolute Gasteiger partial charge is 0.480 e. The van der Waals surface area contributed by atoms with Gasteiger partial charge in [-0.3, -0.25) is 0 Å². The molecule has 1 saturated carbocycles. The molecular formula is C13H24N2O3. The summed E-state index contributed by atoms with van der Waals surface area (Å²) in [5.74, 6) is -0.847. The fraction of sp³-hybridized carbons (Fsp3) is 0.846. The van der Waals surface area contributed by atoms with E-state index >= 15 is 0 Å². The predicted octanol–water partition coefficient (Wildman–Crippen LogP) is 2.12. The van der Waals surface area contributed by atoms with E-state index in [1.807, 2.05) is 6.92 Å². The molecule has 0 saturated heterocycles. The number of nitrogens with one attached hydrogen (secondary N) is 2. The highest BCUT2D eigenvalue weighted by Gasteiger charge is 2.30. The molecule has 1 aliphatic carbocycles. The second kappa shape index (κ2) is 7.95. The summed E-state index contributed by atoms with van der Waals surface area (Å²) in [6.07, 6.45) is 7.00. The van der Waals surface area contributed by atoms with Crippen LogP contribution in [0, 0.1) is 5.92 Å².